The number of nitrogens with one attached hydrogen (secondary N) is 2. The number of benzene rings is 2. The average Bonchev–Trinajstić information content (AvgIpc) is 2.79. The van der Waals surface area contributed by atoms with Crippen molar-refractivity contribution in [3.63, 3.8) is 0 Å². The highest BCUT2D eigenvalue weighted by Crippen LogP contribution is 2.19. The van der Waals surface area contributed by atoms with Crippen molar-refractivity contribution in [3.05, 3.63) is 54.1 Å². The first-order chi connectivity index (χ1) is 15.0. The fourth-order valence-electron chi connectivity index (χ4n) is 3.53. The van der Waals surface area contributed by atoms with Gasteiger partial charge in [-0.25, -0.2) is 0 Å². The zero-order valence-corrected chi connectivity index (χ0v) is 18.6. The number of nitrogens with zero attached hydrogens (tertiary/aromatic N) is 2. The lowest BCUT2D eigenvalue weighted by atomic mass is 10.1. The summed E-state index contributed by atoms with van der Waals surface area (Å²) in [4.78, 5) is 29.1. The Bertz CT molecular complexity index is 879. The van der Waals surface area contributed by atoms with Gasteiger partial charge in [-0.3, -0.25) is 14.5 Å². The third-order valence-corrected chi connectivity index (χ3v) is 5.62. The van der Waals surface area contributed by atoms with Crippen LogP contribution < -0.4 is 15.5 Å². The summed E-state index contributed by atoms with van der Waals surface area (Å²) >= 11 is 0. The molecule has 2 amide bonds. The van der Waals surface area contributed by atoms with Crippen LogP contribution in [0.3, 0.4) is 0 Å². The number of ether oxygens (including phenoxy) is 1. The number of likely N-dealkylation sites (N-methyl/N-ethyl adjacent to an activating group) is 1. The molecule has 2 N–H and O–H groups in total. The molecule has 2 aromatic carbocycles. The van der Waals surface area contributed by atoms with Gasteiger partial charge in [0.1, 0.15) is 0 Å². The molecule has 1 fully saturated rings. The number of para-hydroxylation sites is 1. The topological polar surface area (TPSA) is 73.9 Å². The van der Waals surface area contributed by atoms with Gasteiger partial charge in [0.15, 0.2) is 0 Å². The molecule has 1 saturated heterocycles. The van der Waals surface area contributed by atoms with Crippen molar-refractivity contribution >= 4 is 28.9 Å². The second-order valence-corrected chi connectivity index (χ2v) is 7.79. The third-order valence-electron chi connectivity index (χ3n) is 5.62. The van der Waals surface area contributed by atoms with Gasteiger partial charge in [0, 0.05) is 30.2 Å². The van der Waals surface area contributed by atoms with Gasteiger partial charge >= 0.3 is 0 Å². The molecule has 0 bridgehead atoms. The van der Waals surface area contributed by atoms with E-state index in [1.807, 2.05) is 48.5 Å². The van der Waals surface area contributed by atoms with Crippen molar-refractivity contribution in [2.45, 2.75) is 26.3 Å². The molecule has 7 heteroatoms. The van der Waals surface area contributed by atoms with Gasteiger partial charge in [-0.2, -0.15) is 0 Å². The van der Waals surface area contributed by atoms with Crippen molar-refractivity contribution in [3.8, 4) is 0 Å². The molecule has 166 valence electrons. The highest BCUT2D eigenvalue weighted by molar-refractivity contribution is 5.96. The Morgan fingerprint density at radius 1 is 1.06 bits per heavy atom. The minimum absolute atomic E-state index is 0.128. The van der Waals surface area contributed by atoms with E-state index >= 15 is 0 Å². The van der Waals surface area contributed by atoms with Crippen molar-refractivity contribution in [2.24, 2.45) is 0 Å². The fraction of sp³-hybridized carbons (Fsp3) is 0.417. The molecule has 0 aromatic heterocycles. The lowest BCUT2D eigenvalue weighted by molar-refractivity contribution is -0.122. The lowest BCUT2D eigenvalue weighted by Crippen LogP contribution is -2.43. The molecule has 0 saturated carbocycles. The van der Waals surface area contributed by atoms with E-state index in [0.717, 1.165) is 55.3 Å². The maximum atomic E-state index is 12.7. The van der Waals surface area contributed by atoms with E-state index in [9.17, 15) is 9.59 Å². The van der Waals surface area contributed by atoms with Crippen LogP contribution in [0, 0.1) is 0 Å². The SMILES string of the molecule is CCc1ccccc1NC(=O)CN(C)C(C)C(=O)Nc1ccc(N2CCOCC2)cc1. The van der Waals surface area contributed by atoms with Crippen molar-refractivity contribution in [2.75, 3.05) is 55.4 Å². The van der Waals surface area contributed by atoms with Crippen LogP contribution in [0.15, 0.2) is 48.5 Å². The lowest BCUT2D eigenvalue weighted by Gasteiger charge is -2.29. The smallest absolute Gasteiger partial charge is 0.241 e. The van der Waals surface area contributed by atoms with E-state index in [4.69, 9.17) is 4.74 Å². The van der Waals surface area contributed by atoms with E-state index in [2.05, 4.69) is 22.5 Å². The Labute approximate surface area is 184 Å². The Balaban J connectivity index is 1.51. The second kappa shape index (κ2) is 10.9. The summed E-state index contributed by atoms with van der Waals surface area (Å²) in [5, 5.41) is 5.89. The molecule has 3 rings (SSSR count). The zero-order chi connectivity index (χ0) is 22.2. The first kappa shape index (κ1) is 22.8. The first-order valence-corrected chi connectivity index (χ1v) is 10.8. The van der Waals surface area contributed by atoms with Gasteiger partial charge in [0.2, 0.25) is 11.8 Å². The Hall–Kier alpha value is -2.90. The van der Waals surface area contributed by atoms with Crippen molar-refractivity contribution < 1.29 is 14.3 Å². The maximum Gasteiger partial charge on any atom is 0.241 e. The fourth-order valence-corrected chi connectivity index (χ4v) is 3.53. The minimum Gasteiger partial charge on any atom is -0.378 e. The van der Waals surface area contributed by atoms with Gasteiger partial charge in [0.25, 0.3) is 0 Å². The molecule has 1 aliphatic rings. The predicted molar refractivity (Wildman–Crippen MR) is 125 cm³/mol. The number of rotatable bonds is 8. The number of anilines is 3. The van der Waals surface area contributed by atoms with E-state index < -0.39 is 6.04 Å². The van der Waals surface area contributed by atoms with E-state index in [1.165, 1.54) is 0 Å². The number of aryl methyl sites for hydroxylation is 1. The van der Waals surface area contributed by atoms with Crippen LogP contribution in [0.4, 0.5) is 17.1 Å². The Morgan fingerprint density at radius 3 is 2.42 bits per heavy atom. The van der Waals surface area contributed by atoms with Gasteiger partial charge in [-0.15, -0.1) is 0 Å². The van der Waals surface area contributed by atoms with Gasteiger partial charge in [0.05, 0.1) is 25.8 Å². The van der Waals surface area contributed by atoms with Crippen LogP contribution in [0.25, 0.3) is 0 Å². The number of hydrogen-bond acceptors (Lipinski definition) is 5. The summed E-state index contributed by atoms with van der Waals surface area (Å²) in [6, 6.07) is 15.1. The molecule has 31 heavy (non-hydrogen) atoms. The van der Waals surface area contributed by atoms with Gasteiger partial charge < -0.3 is 20.3 Å². The monoisotopic (exact) mass is 424 g/mol. The second-order valence-electron chi connectivity index (χ2n) is 7.79. The maximum absolute atomic E-state index is 12.7. The molecule has 0 aliphatic carbocycles. The molecular formula is C24H32N4O3. The van der Waals surface area contributed by atoms with Crippen LogP contribution in [0.1, 0.15) is 19.4 Å². The Kier molecular flexibility index (Phi) is 8.03. The zero-order valence-electron chi connectivity index (χ0n) is 18.6. The first-order valence-electron chi connectivity index (χ1n) is 10.8. The number of carbonyl (C=O) groups excluding carboxylic acids is 2. The quantitative estimate of drug-likeness (QED) is 0.682. The summed E-state index contributed by atoms with van der Waals surface area (Å²) < 4.78 is 5.39. The van der Waals surface area contributed by atoms with Gasteiger partial charge in [-0.1, -0.05) is 25.1 Å². The Morgan fingerprint density at radius 2 is 1.74 bits per heavy atom. The average molecular weight is 425 g/mol. The van der Waals surface area contributed by atoms with Crippen LogP contribution in [-0.4, -0.2) is 62.7 Å². The molecule has 1 aliphatic heterocycles. The minimum atomic E-state index is -0.453. The van der Waals surface area contributed by atoms with Crippen LogP contribution in [-0.2, 0) is 20.7 Å². The molecule has 0 spiro atoms. The molecule has 7 nitrogen and oxygen atoms in total. The summed E-state index contributed by atoms with van der Waals surface area (Å²) in [5.74, 6) is -0.290. The summed E-state index contributed by atoms with van der Waals surface area (Å²) in [6.07, 6.45) is 0.843. The highest BCUT2D eigenvalue weighted by atomic mass is 16.5. The number of carbonyl (C=O) groups is 2. The third kappa shape index (κ3) is 6.29. The van der Waals surface area contributed by atoms with Crippen LogP contribution >= 0.6 is 0 Å². The van der Waals surface area contributed by atoms with Crippen LogP contribution in [0.2, 0.25) is 0 Å². The standard InChI is InChI=1S/C24H32N4O3/c1-4-19-7-5-6-8-22(19)26-23(29)17-27(3)18(2)24(30)25-20-9-11-21(12-10-20)28-13-15-31-16-14-28/h5-12,18H,4,13-17H2,1-3H3,(H,25,30)(H,26,29). The van der Waals surface area contributed by atoms with Crippen molar-refractivity contribution in [1.82, 2.24) is 4.90 Å². The van der Waals surface area contributed by atoms with E-state index in [0.29, 0.717) is 0 Å². The predicted octanol–water partition coefficient (Wildman–Crippen LogP) is 2.98. The summed E-state index contributed by atoms with van der Waals surface area (Å²) in [5.41, 5.74) is 3.77. The molecule has 1 atom stereocenters. The highest BCUT2D eigenvalue weighted by Gasteiger charge is 2.21. The van der Waals surface area contributed by atoms with Crippen molar-refractivity contribution in [1.29, 1.82) is 0 Å². The van der Waals surface area contributed by atoms with Gasteiger partial charge in [-0.05, 0) is 56.3 Å². The normalized spacial score (nSPS) is 14.9. The molecule has 0 radical (unpaired) electrons. The van der Waals surface area contributed by atoms with E-state index in [1.54, 1.807) is 18.9 Å². The molecule has 2 aromatic rings. The molecule has 1 heterocycles. The van der Waals surface area contributed by atoms with Crippen LogP contribution in [0.5, 0.6) is 0 Å². The number of hydrogen-bond donors (Lipinski definition) is 2. The largest absolute Gasteiger partial charge is 0.378 e. The molecular weight excluding hydrogens is 392 g/mol. The summed E-state index contributed by atoms with van der Waals surface area (Å²) in [7, 11) is 1.77. The van der Waals surface area contributed by atoms with E-state index in [-0.39, 0.29) is 18.4 Å². The number of morpholine rings is 1. The summed E-state index contributed by atoms with van der Waals surface area (Å²) in [6.45, 7) is 7.20. The molecule has 1 unspecified atom stereocenters. The number of amides is 2.